The van der Waals surface area contributed by atoms with E-state index in [1.807, 2.05) is 6.92 Å². The Kier molecular flexibility index (Phi) is 6.23. The number of nitriles is 1. The first-order valence-corrected chi connectivity index (χ1v) is 9.87. The molecular formula is C24H23F3N2O2. The molecule has 0 amide bonds. The lowest BCUT2D eigenvalue weighted by Gasteiger charge is -2.44. The summed E-state index contributed by atoms with van der Waals surface area (Å²) in [6.45, 7) is 4.65. The van der Waals surface area contributed by atoms with Gasteiger partial charge in [0.2, 0.25) is 0 Å². The normalized spacial score (nSPS) is 19.3. The number of aliphatic carboxylic acids is 1. The van der Waals surface area contributed by atoms with Crippen molar-refractivity contribution in [3.63, 3.8) is 0 Å². The van der Waals surface area contributed by atoms with Gasteiger partial charge < -0.3 is 5.11 Å². The number of carboxylic acids is 1. The summed E-state index contributed by atoms with van der Waals surface area (Å²) in [6.07, 6.45) is 2.42. The second kappa shape index (κ2) is 8.56. The van der Waals surface area contributed by atoms with E-state index in [2.05, 4.69) is 6.07 Å². The largest absolute Gasteiger partial charge is 0.478 e. The quantitative estimate of drug-likeness (QED) is 0.680. The van der Waals surface area contributed by atoms with Crippen molar-refractivity contribution in [1.29, 1.82) is 5.26 Å². The van der Waals surface area contributed by atoms with Crippen LogP contribution < -0.4 is 0 Å². The maximum atomic E-state index is 15.2. The van der Waals surface area contributed by atoms with Gasteiger partial charge in [0.25, 0.3) is 0 Å². The zero-order chi connectivity index (χ0) is 22.9. The number of nitrogens with zero attached hydrogens (tertiary/aromatic N) is 2. The van der Waals surface area contributed by atoms with Crippen LogP contribution in [0.2, 0.25) is 0 Å². The molecule has 0 saturated heterocycles. The Morgan fingerprint density at radius 3 is 2.48 bits per heavy atom. The third-order valence-electron chi connectivity index (χ3n) is 5.33. The Balaban J connectivity index is 2.19. The van der Waals surface area contributed by atoms with Crippen molar-refractivity contribution in [3.8, 4) is 6.07 Å². The molecule has 0 radical (unpaired) electrons. The molecule has 1 aliphatic heterocycles. The van der Waals surface area contributed by atoms with Gasteiger partial charge in [-0.25, -0.2) is 18.0 Å². The van der Waals surface area contributed by atoms with Crippen LogP contribution in [0.5, 0.6) is 0 Å². The Labute approximate surface area is 179 Å². The van der Waals surface area contributed by atoms with Gasteiger partial charge in [-0.05, 0) is 74.2 Å². The number of carbonyl (C=O) groups is 1. The van der Waals surface area contributed by atoms with E-state index in [9.17, 15) is 14.4 Å². The molecule has 0 aromatic heterocycles. The first-order valence-electron chi connectivity index (χ1n) is 9.87. The van der Waals surface area contributed by atoms with Crippen LogP contribution >= 0.6 is 0 Å². The maximum Gasteiger partial charge on any atom is 0.328 e. The third kappa shape index (κ3) is 4.97. The second-order valence-corrected chi connectivity index (χ2v) is 8.44. The number of rotatable bonds is 5. The van der Waals surface area contributed by atoms with Crippen LogP contribution in [0.25, 0.3) is 6.08 Å². The van der Waals surface area contributed by atoms with Crippen LogP contribution in [0.3, 0.4) is 0 Å². The molecule has 2 aromatic carbocycles. The number of fused-ring (bicyclic) bond motifs is 1. The summed E-state index contributed by atoms with van der Waals surface area (Å²) in [5.41, 5.74) is 0.0927. The zero-order valence-corrected chi connectivity index (χ0v) is 17.5. The van der Waals surface area contributed by atoms with Gasteiger partial charge in [-0.15, -0.1) is 0 Å². The van der Waals surface area contributed by atoms with E-state index >= 15 is 8.78 Å². The highest BCUT2D eigenvalue weighted by Crippen LogP contribution is 2.41. The molecule has 4 nitrogen and oxygen atoms in total. The number of hydrogen-bond acceptors (Lipinski definition) is 3. The van der Waals surface area contributed by atoms with E-state index in [0.717, 1.165) is 29.8 Å². The molecule has 31 heavy (non-hydrogen) atoms. The number of halogens is 3. The summed E-state index contributed by atoms with van der Waals surface area (Å²) in [5, 5.41) is 18.0. The first kappa shape index (κ1) is 22.6. The number of benzene rings is 2. The Bertz CT molecular complexity index is 1060. The average molecular weight is 428 g/mol. The van der Waals surface area contributed by atoms with E-state index in [4.69, 9.17) is 5.11 Å². The molecule has 2 aromatic rings. The molecule has 0 spiro atoms. The van der Waals surface area contributed by atoms with Gasteiger partial charge in [0.05, 0.1) is 17.7 Å². The summed E-state index contributed by atoms with van der Waals surface area (Å²) in [5.74, 6) is -2.92. The van der Waals surface area contributed by atoms with E-state index < -0.39 is 29.3 Å². The fourth-order valence-corrected chi connectivity index (χ4v) is 4.12. The molecular weight excluding hydrogens is 405 g/mol. The van der Waals surface area contributed by atoms with Crippen molar-refractivity contribution in [2.75, 3.05) is 6.54 Å². The predicted molar refractivity (Wildman–Crippen MR) is 111 cm³/mol. The van der Waals surface area contributed by atoms with E-state index in [-0.39, 0.29) is 23.7 Å². The standard InChI is InChI=1S/C24H23F3N2O2/c1-14-8-17-9-16(12-28)4-6-18(17)23(29(14)13-24(2,3)27)22-19(25)10-15(11-20(22)26)5-7-21(30)31/h4-7,9-11,14,23H,8,13H2,1-3H3,(H,30,31)/b7-5+/t14-,23+/m0/s1. The van der Waals surface area contributed by atoms with Crippen molar-refractivity contribution in [2.45, 2.75) is 44.9 Å². The fraction of sp³-hybridized carbons (Fsp3) is 0.333. The molecule has 0 aliphatic carbocycles. The van der Waals surface area contributed by atoms with Crippen LogP contribution in [-0.4, -0.2) is 34.2 Å². The molecule has 0 fully saturated rings. The number of alkyl halides is 1. The first-order chi connectivity index (χ1) is 14.5. The molecule has 3 rings (SSSR count). The highest BCUT2D eigenvalue weighted by Gasteiger charge is 2.39. The summed E-state index contributed by atoms with van der Waals surface area (Å²) in [7, 11) is 0. The average Bonchev–Trinajstić information content (AvgIpc) is 2.66. The molecule has 0 bridgehead atoms. The Hall–Kier alpha value is -3.11. The molecule has 1 heterocycles. The van der Waals surface area contributed by atoms with Gasteiger partial charge in [-0.3, -0.25) is 4.90 Å². The number of hydrogen-bond donors (Lipinski definition) is 1. The second-order valence-electron chi connectivity index (χ2n) is 8.44. The van der Waals surface area contributed by atoms with Crippen LogP contribution in [-0.2, 0) is 11.2 Å². The SMILES string of the molecule is C[C@H]1Cc2cc(C#N)ccc2[C@H](c2c(F)cc(/C=C/C(=O)O)cc2F)N1CC(C)(C)F. The van der Waals surface area contributed by atoms with Gasteiger partial charge in [0.1, 0.15) is 17.3 Å². The van der Waals surface area contributed by atoms with Crippen molar-refractivity contribution >= 4 is 12.0 Å². The lowest BCUT2D eigenvalue weighted by Crippen LogP contribution is -2.48. The monoisotopic (exact) mass is 428 g/mol. The van der Waals surface area contributed by atoms with Gasteiger partial charge in [-0.2, -0.15) is 5.26 Å². The van der Waals surface area contributed by atoms with Crippen molar-refractivity contribution in [3.05, 3.63) is 75.9 Å². The van der Waals surface area contributed by atoms with Gasteiger partial charge in [0, 0.05) is 24.2 Å². The van der Waals surface area contributed by atoms with Crippen LogP contribution in [0.4, 0.5) is 13.2 Å². The lowest BCUT2D eigenvalue weighted by atomic mass is 9.83. The third-order valence-corrected chi connectivity index (χ3v) is 5.33. The van der Waals surface area contributed by atoms with Crippen molar-refractivity contribution in [2.24, 2.45) is 0 Å². The van der Waals surface area contributed by atoms with Gasteiger partial charge >= 0.3 is 5.97 Å². The topological polar surface area (TPSA) is 64.3 Å². The summed E-state index contributed by atoms with van der Waals surface area (Å²) < 4.78 is 45.0. The summed E-state index contributed by atoms with van der Waals surface area (Å²) in [4.78, 5) is 12.5. The highest BCUT2D eigenvalue weighted by atomic mass is 19.1. The smallest absolute Gasteiger partial charge is 0.328 e. The molecule has 7 heteroatoms. The van der Waals surface area contributed by atoms with Crippen molar-refractivity contribution < 1.29 is 23.1 Å². The minimum atomic E-state index is -1.60. The molecule has 1 aliphatic rings. The number of carboxylic acid groups (broad SMARTS) is 1. The maximum absolute atomic E-state index is 15.2. The fourth-order valence-electron chi connectivity index (χ4n) is 4.12. The molecule has 2 atom stereocenters. The zero-order valence-electron chi connectivity index (χ0n) is 17.5. The van der Waals surface area contributed by atoms with E-state index in [0.29, 0.717) is 17.5 Å². The van der Waals surface area contributed by atoms with Gasteiger partial charge in [0.15, 0.2) is 0 Å². The van der Waals surface area contributed by atoms with Crippen LogP contribution in [0.1, 0.15) is 54.6 Å². The minimum absolute atomic E-state index is 0.0438. The van der Waals surface area contributed by atoms with Gasteiger partial charge in [-0.1, -0.05) is 6.07 Å². The van der Waals surface area contributed by atoms with Crippen LogP contribution in [0, 0.1) is 23.0 Å². The molecule has 162 valence electrons. The molecule has 0 saturated carbocycles. The Morgan fingerprint density at radius 1 is 1.29 bits per heavy atom. The predicted octanol–water partition coefficient (Wildman–Crippen LogP) is 5.02. The summed E-state index contributed by atoms with van der Waals surface area (Å²) >= 11 is 0. The van der Waals surface area contributed by atoms with E-state index in [1.54, 1.807) is 23.1 Å². The Morgan fingerprint density at radius 2 is 1.94 bits per heavy atom. The summed E-state index contributed by atoms with van der Waals surface area (Å²) in [6, 6.07) is 8.04. The minimum Gasteiger partial charge on any atom is -0.478 e. The van der Waals surface area contributed by atoms with Crippen molar-refractivity contribution in [1.82, 2.24) is 4.90 Å². The highest BCUT2D eigenvalue weighted by molar-refractivity contribution is 5.85. The lowest BCUT2D eigenvalue weighted by molar-refractivity contribution is -0.131. The van der Waals surface area contributed by atoms with Crippen LogP contribution in [0.15, 0.2) is 36.4 Å². The molecule has 0 unspecified atom stereocenters. The molecule has 1 N–H and O–H groups in total. The van der Waals surface area contributed by atoms with E-state index in [1.165, 1.54) is 13.8 Å².